The molecule has 1 aromatic carbocycles. The Labute approximate surface area is 118 Å². The van der Waals surface area contributed by atoms with E-state index in [0.717, 1.165) is 0 Å². The van der Waals surface area contributed by atoms with Gasteiger partial charge in [0.05, 0.1) is 22.7 Å². The maximum atomic E-state index is 13.9. The number of carbonyl (C=O) groups excluding carboxylic acids is 1. The third kappa shape index (κ3) is 3.52. The molecule has 1 aromatic rings. The summed E-state index contributed by atoms with van der Waals surface area (Å²) in [6.07, 6.45) is 1.73. The van der Waals surface area contributed by atoms with Crippen LogP contribution in [0.3, 0.4) is 0 Å². The van der Waals surface area contributed by atoms with E-state index in [4.69, 9.17) is 0 Å². The molecule has 0 saturated heterocycles. The van der Waals surface area contributed by atoms with Gasteiger partial charge in [-0.25, -0.2) is 4.39 Å². The second-order valence-electron chi connectivity index (χ2n) is 5.03. The molecule has 2 rings (SSSR count). The van der Waals surface area contributed by atoms with Gasteiger partial charge >= 0.3 is 5.69 Å². The molecule has 1 fully saturated rings. The molecule has 6 nitrogen and oxygen atoms in total. The quantitative estimate of drug-likeness (QED) is 0.658. The minimum Gasteiger partial charge on any atom is -0.393 e. The van der Waals surface area contributed by atoms with E-state index in [1.165, 1.54) is 0 Å². The number of nitro benzene ring substituents is 1. The third-order valence-corrected chi connectivity index (χ3v) is 3.44. The molecule has 0 heterocycles. The average Bonchev–Trinajstić information content (AvgIpc) is 2.40. The number of aliphatic hydroxyl groups excluding tert-OH is 1. The van der Waals surface area contributed by atoms with Crippen LogP contribution in [0.15, 0.2) is 12.1 Å². The number of aliphatic hydroxyl groups is 1. The van der Waals surface area contributed by atoms with Crippen molar-refractivity contribution in [2.75, 3.05) is 0 Å². The maximum absolute atomic E-state index is 13.9. The van der Waals surface area contributed by atoms with Gasteiger partial charge in [-0.1, -0.05) is 0 Å². The first kappa shape index (κ1) is 15.3. The highest BCUT2D eigenvalue weighted by molar-refractivity contribution is 5.95. The monoisotopic (exact) mass is 300 g/mol. The zero-order chi connectivity index (χ0) is 15.6. The van der Waals surface area contributed by atoms with Crippen LogP contribution in [-0.4, -0.2) is 28.1 Å². The zero-order valence-electron chi connectivity index (χ0n) is 11.0. The highest BCUT2D eigenvalue weighted by atomic mass is 19.1. The van der Waals surface area contributed by atoms with Crippen LogP contribution in [-0.2, 0) is 0 Å². The Balaban J connectivity index is 2.21. The average molecular weight is 300 g/mol. The Morgan fingerprint density at radius 2 is 2.10 bits per heavy atom. The van der Waals surface area contributed by atoms with Gasteiger partial charge in [0.15, 0.2) is 0 Å². The summed E-state index contributed by atoms with van der Waals surface area (Å²) in [5.41, 5.74) is -1.79. The maximum Gasteiger partial charge on any atom is 0.308 e. The Morgan fingerprint density at radius 3 is 2.71 bits per heavy atom. The molecule has 0 aliphatic heterocycles. The van der Waals surface area contributed by atoms with Gasteiger partial charge in [0, 0.05) is 6.04 Å². The molecule has 2 atom stereocenters. The number of carbonyl (C=O) groups is 1. The highest BCUT2D eigenvalue weighted by Gasteiger charge is 2.27. The van der Waals surface area contributed by atoms with Gasteiger partial charge in [-0.2, -0.15) is 4.39 Å². The van der Waals surface area contributed by atoms with Gasteiger partial charge in [0.1, 0.15) is 5.82 Å². The Hall–Kier alpha value is -2.09. The standard InChI is InChI=1S/C13H14F2N2O4/c14-7-4-10(12(15)11(5-7)17(20)21)13(19)16-8-2-1-3-9(18)6-8/h4-5,8-9,18H,1-3,6H2,(H,16,19). The lowest BCUT2D eigenvalue weighted by atomic mass is 9.93. The summed E-state index contributed by atoms with van der Waals surface area (Å²) in [6.45, 7) is 0. The molecule has 114 valence electrons. The first-order valence-corrected chi connectivity index (χ1v) is 6.51. The normalized spacial score (nSPS) is 21.9. The molecule has 8 heteroatoms. The summed E-state index contributed by atoms with van der Waals surface area (Å²) in [5, 5.41) is 22.6. The number of hydrogen-bond donors (Lipinski definition) is 2. The molecule has 1 amide bonds. The predicted molar refractivity (Wildman–Crippen MR) is 68.7 cm³/mol. The van der Waals surface area contributed by atoms with Crippen molar-refractivity contribution in [3.05, 3.63) is 39.4 Å². The number of nitrogens with one attached hydrogen (secondary N) is 1. The summed E-state index contributed by atoms with van der Waals surface area (Å²) >= 11 is 0. The van der Waals surface area contributed by atoms with E-state index in [2.05, 4.69) is 5.32 Å². The van der Waals surface area contributed by atoms with Crippen LogP contribution in [0.2, 0.25) is 0 Å². The summed E-state index contributed by atoms with van der Waals surface area (Å²) in [5.74, 6) is -3.35. The predicted octanol–water partition coefficient (Wildman–Crippen LogP) is 1.91. The second-order valence-corrected chi connectivity index (χ2v) is 5.03. The van der Waals surface area contributed by atoms with Gasteiger partial charge in [-0.05, 0) is 31.7 Å². The Morgan fingerprint density at radius 1 is 1.38 bits per heavy atom. The highest BCUT2D eigenvalue weighted by Crippen LogP contribution is 2.23. The van der Waals surface area contributed by atoms with Crippen LogP contribution in [0.25, 0.3) is 0 Å². The summed E-state index contributed by atoms with van der Waals surface area (Å²) in [7, 11) is 0. The fraction of sp³-hybridized carbons (Fsp3) is 0.462. The van der Waals surface area contributed by atoms with Crippen molar-refractivity contribution >= 4 is 11.6 Å². The molecule has 0 bridgehead atoms. The van der Waals surface area contributed by atoms with Gasteiger partial charge in [0.25, 0.3) is 5.91 Å². The number of rotatable bonds is 3. The van der Waals surface area contributed by atoms with Crippen molar-refractivity contribution in [3.8, 4) is 0 Å². The number of nitro groups is 1. The second kappa shape index (κ2) is 6.13. The molecule has 1 aliphatic rings. The molecule has 1 saturated carbocycles. The fourth-order valence-corrected chi connectivity index (χ4v) is 2.43. The molecule has 2 N–H and O–H groups in total. The van der Waals surface area contributed by atoms with Crippen LogP contribution in [0, 0.1) is 21.7 Å². The van der Waals surface area contributed by atoms with Crippen LogP contribution < -0.4 is 5.32 Å². The summed E-state index contributed by atoms with van der Waals surface area (Å²) < 4.78 is 27.1. The van der Waals surface area contributed by atoms with Crippen molar-refractivity contribution in [1.29, 1.82) is 0 Å². The third-order valence-electron chi connectivity index (χ3n) is 3.44. The van der Waals surface area contributed by atoms with Gasteiger partial charge in [0.2, 0.25) is 5.82 Å². The van der Waals surface area contributed by atoms with Crippen LogP contribution >= 0.6 is 0 Å². The molecule has 0 aromatic heterocycles. The topological polar surface area (TPSA) is 92.5 Å². The largest absolute Gasteiger partial charge is 0.393 e. The molecular weight excluding hydrogens is 286 g/mol. The minimum absolute atomic E-state index is 0.324. The van der Waals surface area contributed by atoms with E-state index < -0.39 is 39.8 Å². The van der Waals surface area contributed by atoms with Crippen LogP contribution in [0.5, 0.6) is 0 Å². The zero-order valence-corrected chi connectivity index (χ0v) is 11.0. The van der Waals surface area contributed by atoms with Crippen molar-refractivity contribution in [3.63, 3.8) is 0 Å². The van der Waals surface area contributed by atoms with Crippen molar-refractivity contribution in [2.24, 2.45) is 0 Å². The van der Waals surface area contributed by atoms with Crippen LogP contribution in [0.1, 0.15) is 36.0 Å². The van der Waals surface area contributed by atoms with Crippen molar-refractivity contribution in [2.45, 2.75) is 37.8 Å². The Kier molecular flexibility index (Phi) is 4.46. The summed E-state index contributed by atoms with van der Waals surface area (Å²) in [4.78, 5) is 21.5. The molecule has 2 unspecified atom stereocenters. The fourth-order valence-electron chi connectivity index (χ4n) is 2.43. The molecule has 21 heavy (non-hydrogen) atoms. The van der Waals surface area contributed by atoms with Crippen molar-refractivity contribution < 1.29 is 23.6 Å². The number of nitrogens with zero attached hydrogens (tertiary/aromatic N) is 1. The number of halogens is 2. The molecule has 0 spiro atoms. The summed E-state index contributed by atoms with van der Waals surface area (Å²) in [6, 6.07) is 0.691. The first-order chi connectivity index (χ1) is 9.88. The smallest absolute Gasteiger partial charge is 0.308 e. The lowest BCUT2D eigenvalue weighted by Gasteiger charge is -2.26. The number of amides is 1. The van der Waals surface area contributed by atoms with E-state index in [0.29, 0.717) is 37.8 Å². The van der Waals surface area contributed by atoms with Gasteiger partial charge in [-0.3, -0.25) is 14.9 Å². The van der Waals surface area contributed by atoms with E-state index in [9.17, 15) is 28.8 Å². The van der Waals surface area contributed by atoms with E-state index >= 15 is 0 Å². The Bertz CT molecular complexity index is 580. The molecule has 1 aliphatic carbocycles. The van der Waals surface area contributed by atoms with Crippen LogP contribution in [0.4, 0.5) is 14.5 Å². The van der Waals surface area contributed by atoms with E-state index in [1.54, 1.807) is 0 Å². The lowest BCUT2D eigenvalue weighted by Crippen LogP contribution is -2.40. The SMILES string of the molecule is O=C(NC1CCCC(O)C1)c1cc(F)cc([N+](=O)[O-])c1F. The molecular formula is C13H14F2N2O4. The van der Waals surface area contributed by atoms with E-state index in [1.807, 2.05) is 0 Å². The first-order valence-electron chi connectivity index (χ1n) is 6.51. The number of benzene rings is 1. The van der Waals surface area contributed by atoms with Crippen molar-refractivity contribution in [1.82, 2.24) is 5.32 Å². The van der Waals surface area contributed by atoms with E-state index in [-0.39, 0.29) is 6.04 Å². The van der Waals surface area contributed by atoms with Gasteiger partial charge < -0.3 is 10.4 Å². The lowest BCUT2D eigenvalue weighted by molar-refractivity contribution is -0.387. The minimum atomic E-state index is -1.37. The van der Waals surface area contributed by atoms with Gasteiger partial charge in [-0.15, -0.1) is 0 Å². The number of hydrogen-bond acceptors (Lipinski definition) is 4. The molecule has 0 radical (unpaired) electrons.